The van der Waals surface area contributed by atoms with Gasteiger partial charge in [0.1, 0.15) is 0 Å². The van der Waals surface area contributed by atoms with Crippen LogP contribution in [-0.4, -0.2) is 25.3 Å². The number of benzene rings is 1. The van der Waals surface area contributed by atoms with E-state index >= 15 is 0 Å². The van der Waals surface area contributed by atoms with Crippen LogP contribution in [-0.2, 0) is 10.0 Å². The molecule has 2 atom stereocenters. The van der Waals surface area contributed by atoms with Crippen molar-refractivity contribution in [2.24, 2.45) is 5.92 Å². The van der Waals surface area contributed by atoms with Crippen molar-refractivity contribution < 1.29 is 8.42 Å². The van der Waals surface area contributed by atoms with Gasteiger partial charge in [0, 0.05) is 17.1 Å². The van der Waals surface area contributed by atoms with Gasteiger partial charge in [0.25, 0.3) is 0 Å². The van der Waals surface area contributed by atoms with Crippen LogP contribution in [0.2, 0.25) is 0 Å². The van der Waals surface area contributed by atoms with E-state index in [1.807, 2.05) is 6.07 Å². The molecule has 2 aliphatic rings. The Hall–Kier alpha value is -0.390. The van der Waals surface area contributed by atoms with Gasteiger partial charge in [0.05, 0.1) is 4.90 Å². The van der Waals surface area contributed by atoms with Crippen molar-refractivity contribution >= 4 is 26.0 Å². The van der Waals surface area contributed by atoms with Crippen LogP contribution in [0.25, 0.3) is 0 Å². The molecule has 20 heavy (non-hydrogen) atoms. The van der Waals surface area contributed by atoms with Gasteiger partial charge in [-0.25, -0.2) is 8.42 Å². The zero-order valence-corrected chi connectivity index (χ0v) is 13.9. The SMILES string of the molecule is O=S(=O)(c1cccc(Br)c1)N1CCCC2CCCCC21. The summed E-state index contributed by atoms with van der Waals surface area (Å²) in [5.41, 5.74) is 0. The normalized spacial score (nSPS) is 28.1. The molecule has 1 aliphatic carbocycles. The molecule has 0 radical (unpaired) electrons. The van der Waals surface area contributed by atoms with Gasteiger partial charge in [-0.05, 0) is 49.8 Å². The second-order valence-electron chi connectivity index (χ2n) is 5.83. The molecule has 0 amide bonds. The van der Waals surface area contributed by atoms with Crippen LogP contribution >= 0.6 is 15.9 Å². The number of piperidine rings is 1. The Labute approximate surface area is 129 Å². The average molecular weight is 358 g/mol. The Morgan fingerprint density at radius 3 is 2.65 bits per heavy atom. The van der Waals surface area contributed by atoms with Crippen LogP contribution in [0.15, 0.2) is 33.6 Å². The highest BCUT2D eigenvalue weighted by Crippen LogP contribution is 2.38. The molecule has 2 fully saturated rings. The standard InChI is InChI=1S/C15H20BrNO2S/c16-13-7-3-8-14(11-13)20(18,19)17-10-4-6-12-5-1-2-9-15(12)17/h3,7-8,11-12,15H,1-2,4-6,9-10H2. The summed E-state index contributed by atoms with van der Waals surface area (Å²) in [7, 11) is -3.35. The molecule has 0 bridgehead atoms. The summed E-state index contributed by atoms with van der Waals surface area (Å²) in [6, 6.07) is 7.29. The van der Waals surface area contributed by atoms with Crippen LogP contribution in [0.5, 0.6) is 0 Å². The van der Waals surface area contributed by atoms with Crippen LogP contribution in [0.4, 0.5) is 0 Å². The first-order valence-corrected chi connectivity index (χ1v) is 9.60. The summed E-state index contributed by atoms with van der Waals surface area (Å²) >= 11 is 3.36. The maximum Gasteiger partial charge on any atom is 0.243 e. The summed E-state index contributed by atoms with van der Waals surface area (Å²) in [5.74, 6) is 0.569. The third kappa shape index (κ3) is 2.68. The van der Waals surface area contributed by atoms with E-state index < -0.39 is 10.0 Å². The monoisotopic (exact) mass is 357 g/mol. The largest absolute Gasteiger partial charge is 0.243 e. The number of hydrogen-bond donors (Lipinski definition) is 0. The van der Waals surface area contributed by atoms with E-state index in [0.29, 0.717) is 17.4 Å². The molecule has 0 N–H and O–H groups in total. The molecule has 3 nitrogen and oxygen atoms in total. The Bertz CT molecular complexity index is 585. The lowest BCUT2D eigenvalue weighted by Gasteiger charge is -2.43. The minimum atomic E-state index is -3.35. The number of fused-ring (bicyclic) bond motifs is 1. The number of rotatable bonds is 2. The molecule has 0 aromatic heterocycles. The van der Waals surface area contributed by atoms with Crippen LogP contribution in [0, 0.1) is 5.92 Å². The van der Waals surface area contributed by atoms with Crippen LogP contribution in [0.1, 0.15) is 38.5 Å². The quantitative estimate of drug-likeness (QED) is 0.807. The number of hydrogen-bond acceptors (Lipinski definition) is 2. The van der Waals surface area contributed by atoms with Gasteiger partial charge < -0.3 is 0 Å². The Morgan fingerprint density at radius 1 is 1.10 bits per heavy atom. The third-order valence-corrected chi connectivity index (χ3v) is 7.01. The van der Waals surface area contributed by atoms with Gasteiger partial charge in [-0.15, -0.1) is 0 Å². The van der Waals surface area contributed by atoms with Gasteiger partial charge in [0.2, 0.25) is 10.0 Å². The maximum atomic E-state index is 12.9. The fourth-order valence-electron chi connectivity index (χ4n) is 3.64. The Balaban J connectivity index is 1.93. The van der Waals surface area contributed by atoms with Crippen molar-refractivity contribution in [2.45, 2.75) is 49.5 Å². The van der Waals surface area contributed by atoms with Gasteiger partial charge in [-0.2, -0.15) is 4.31 Å². The molecule has 3 rings (SSSR count). The highest BCUT2D eigenvalue weighted by atomic mass is 79.9. The summed E-state index contributed by atoms with van der Waals surface area (Å²) < 4.78 is 28.4. The van der Waals surface area contributed by atoms with E-state index in [1.54, 1.807) is 22.5 Å². The molecule has 1 saturated heterocycles. The summed E-state index contributed by atoms with van der Waals surface area (Å²) in [6.07, 6.45) is 6.81. The first-order chi connectivity index (χ1) is 9.59. The van der Waals surface area contributed by atoms with Crippen molar-refractivity contribution in [3.05, 3.63) is 28.7 Å². The fourth-order valence-corrected chi connectivity index (χ4v) is 5.99. The number of halogens is 1. The molecule has 110 valence electrons. The smallest absolute Gasteiger partial charge is 0.207 e. The van der Waals surface area contributed by atoms with Gasteiger partial charge in [-0.3, -0.25) is 0 Å². The minimum absolute atomic E-state index is 0.224. The highest BCUT2D eigenvalue weighted by Gasteiger charge is 2.39. The molecule has 1 aliphatic heterocycles. The van der Waals surface area contributed by atoms with E-state index in [0.717, 1.165) is 23.7 Å². The van der Waals surface area contributed by atoms with Gasteiger partial charge in [0.15, 0.2) is 0 Å². The zero-order chi connectivity index (χ0) is 14.2. The van der Waals surface area contributed by atoms with E-state index in [9.17, 15) is 8.42 Å². The molecule has 1 saturated carbocycles. The van der Waals surface area contributed by atoms with E-state index in [4.69, 9.17) is 0 Å². The zero-order valence-electron chi connectivity index (χ0n) is 11.5. The number of nitrogens with zero attached hydrogens (tertiary/aromatic N) is 1. The predicted molar refractivity (Wildman–Crippen MR) is 83.0 cm³/mol. The fraction of sp³-hybridized carbons (Fsp3) is 0.600. The summed E-state index contributed by atoms with van der Waals surface area (Å²) in [6.45, 7) is 0.677. The van der Waals surface area contributed by atoms with Crippen molar-refractivity contribution in [3.8, 4) is 0 Å². The van der Waals surface area contributed by atoms with Crippen molar-refractivity contribution in [3.63, 3.8) is 0 Å². The molecule has 5 heteroatoms. The molecule has 1 aromatic carbocycles. The first-order valence-electron chi connectivity index (χ1n) is 7.36. The summed E-state index contributed by atoms with van der Waals surface area (Å²) in [5, 5.41) is 0. The average Bonchev–Trinajstić information content (AvgIpc) is 2.46. The Morgan fingerprint density at radius 2 is 1.85 bits per heavy atom. The lowest BCUT2D eigenvalue weighted by atomic mass is 9.79. The van der Waals surface area contributed by atoms with E-state index in [-0.39, 0.29) is 6.04 Å². The van der Waals surface area contributed by atoms with Crippen molar-refractivity contribution in [1.29, 1.82) is 0 Å². The topological polar surface area (TPSA) is 37.4 Å². The van der Waals surface area contributed by atoms with Gasteiger partial charge in [-0.1, -0.05) is 34.8 Å². The number of sulfonamides is 1. The lowest BCUT2D eigenvalue weighted by molar-refractivity contribution is 0.129. The van der Waals surface area contributed by atoms with Crippen LogP contribution in [0.3, 0.4) is 0 Å². The molecule has 1 heterocycles. The maximum absolute atomic E-state index is 12.9. The first kappa shape index (κ1) is 14.5. The van der Waals surface area contributed by atoms with Gasteiger partial charge >= 0.3 is 0 Å². The molecular formula is C15H20BrNO2S. The van der Waals surface area contributed by atoms with E-state index in [1.165, 1.54) is 19.3 Å². The van der Waals surface area contributed by atoms with Crippen molar-refractivity contribution in [2.75, 3.05) is 6.54 Å². The van der Waals surface area contributed by atoms with Crippen molar-refractivity contribution in [1.82, 2.24) is 4.31 Å². The van der Waals surface area contributed by atoms with Crippen LogP contribution < -0.4 is 0 Å². The molecular weight excluding hydrogens is 338 g/mol. The second kappa shape index (κ2) is 5.78. The lowest BCUT2D eigenvalue weighted by Crippen LogP contribution is -2.49. The van der Waals surface area contributed by atoms with E-state index in [2.05, 4.69) is 15.9 Å². The summed E-state index contributed by atoms with van der Waals surface area (Å²) in [4.78, 5) is 0.415. The third-order valence-electron chi connectivity index (χ3n) is 4.59. The molecule has 2 unspecified atom stereocenters. The Kier molecular flexibility index (Phi) is 4.20. The molecule has 1 aromatic rings. The second-order valence-corrected chi connectivity index (χ2v) is 8.63. The predicted octanol–water partition coefficient (Wildman–Crippen LogP) is 3.79. The molecule has 0 spiro atoms. The highest BCUT2D eigenvalue weighted by molar-refractivity contribution is 9.10. The minimum Gasteiger partial charge on any atom is -0.207 e.